The molecule has 1 aromatic heterocycles. The van der Waals surface area contributed by atoms with Crippen LogP contribution in [-0.2, 0) is 15.5 Å². The van der Waals surface area contributed by atoms with Crippen molar-refractivity contribution in [1.82, 2.24) is 9.78 Å². The lowest BCUT2D eigenvalue weighted by Gasteiger charge is -2.09. The summed E-state index contributed by atoms with van der Waals surface area (Å²) in [6.07, 6.45) is -2.45. The van der Waals surface area contributed by atoms with Gasteiger partial charge in [-0.1, -0.05) is 0 Å². The van der Waals surface area contributed by atoms with Crippen LogP contribution in [0.3, 0.4) is 0 Å². The minimum atomic E-state index is -4.74. The van der Waals surface area contributed by atoms with Gasteiger partial charge in [0.15, 0.2) is 5.78 Å². The molecule has 0 aliphatic rings. The highest BCUT2D eigenvalue weighted by Crippen LogP contribution is 2.38. The van der Waals surface area contributed by atoms with Crippen molar-refractivity contribution in [3.8, 4) is 22.7 Å². The van der Waals surface area contributed by atoms with Crippen LogP contribution in [0, 0.1) is 0 Å². The molecule has 12 heteroatoms. The molecule has 0 aliphatic heterocycles. The Hall–Kier alpha value is -3.53. The Kier molecular flexibility index (Phi) is 6.68. The molecule has 0 amide bonds. The van der Waals surface area contributed by atoms with Crippen LogP contribution in [0.25, 0.3) is 16.9 Å². The fourth-order valence-corrected chi connectivity index (χ4v) is 3.18. The molecule has 0 unspecified atom stereocenters. The summed E-state index contributed by atoms with van der Waals surface area (Å²) in [5.41, 5.74) is -0.0303. The quantitative estimate of drug-likeness (QED) is 0.293. The maximum atomic E-state index is 12.9. The number of benzene rings is 2. The number of phosphoric ester groups is 1. The summed E-state index contributed by atoms with van der Waals surface area (Å²) >= 11 is 0. The third-order valence-corrected chi connectivity index (χ3v) is 4.69. The molecule has 1 heterocycles. The Bertz CT molecular complexity index is 1260. The van der Waals surface area contributed by atoms with E-state index in [1.165, 1.54) is 37.3 Å². The Morgan fingerprint density at radius 3 is 2.15 bits per heavy atom. The monoisotopic (exact) mass is 480 g/mol. The zero-order valence-corrected chi connectivity index (χ0v) is 17.7. The van der Waals surface area contributed by atoms with Crippen molar-refractivity contribution in [1.29, 1.82) is 0 Å². The van der Waals surface area contributed by atoms with E-state index in [0.717, 1.165) is 41.1 Å². The summed E-state index contributed by atoms with van der Waals surface area (Å²) in [5.74, 6) is -1.08. The third-order valence-electron chi connectivity index (χ3n) is 4.24. The van der Waals surface area contributed by atoms with Gasteiger partial charge in [0.25, 0.3) is 0 Å². The smallest absolute Gasteiger partial charge is 0.404 e. The zero-order valence-electron chi connectivity index (χ0n) is 16.9. The van der Waals surface area contributed by atoms with E-state index in [-0.39, 0.29) is 28.6 Å². The van der Waals surface area contributed by atoms with Crippen LogP contribution in [-0.4, -0.2) is 31.1 Å². The first-order valence-corrected chi connectivity index (χ1v) is 10.7. The number of carbonyl (C=O) groups is 2. The molecule has 2 N–H and O–H groups in total. The van der Waals surface area contributed by atoms with E-state index in [9.17, 15) is 27.3 Å². The second-order valence-corrected chi connectivity index (χ2v) is 7.95. The molecule has 3 aromatic rings. The van der Waals surface area contributed by atoms with Gasteiger partial charge < -0.3 is 4.52 Å². The minimum Gasteiger partial charge on any atom is -0.404 e. The van der Waals surface area contributed by atoms with Crippen molar-refractivity contribution in [2.45, 2.75) is 13.1 Å². The number of phosphoric acid groups is 1. The maximum Gasteiger partial charge on any atom is 0.524 e. The van der Waals surface area contributed by atoms with E-state index in [0.29, 0.717) is 5.56 Å². The van der Waals surface area contributed by atoms with Gasteiger partial charge >= 0.3 is 14.0 Å². The molecule has 0 saturated carbocycles. The molecule has 0 aliphatic carbocycles. The number of nitrogens with zero attached hydrogens (tertiary/aromatic N) is 2. The van der Waals surface area contributed by atoms with Gasteiger partial charge in [0.05, 0.1) is 16.9 Å². The van der Waals surface area contributed by atoms with Crippen molar-refractivity contribution < 1.29 is 41.6 Å². The Morgan fingerprint density at radius 1 is 1.03 bits per heavy atom. The highest BCUT2D eigenvalue weighted by Gasteiger charge is 2.30. The molecule has 0 radical (unpaired) electrons. The lowest BCUT2D eigenvalue weighted by molar-refractivity contribution is -0.137. The van der Waals surface area contributed by atoms with Gasteiger partial charge in [0, 0.05) is 5.56 Å². The van der Waals surface area contributed by atoms with Crippen molar-refractivity contribution in [2.75, 3.05) is 0 Å². The summed E-state index contributed by atoms with van der Waals surface area (Å²) in [6.45, 7) is 1.25. The number of ketones is 2. The minimum absolute atomic E-state index is 0.0159. The van der Waals surface area contributed by atoms with Crippen molar-refractivity contribution in [3.63, 3.8) is 0 Å². The molecular formula is C21H16F3N2O6P. The Balaban J connectivity index is 2.04. The van der Waals surface area contributed by atoms with E-state index in [1.54, 1.807) is 0 Å². The van der Waals surface area contributed by atoms with Crippen LogP contribution in [0.2, 0.25) is 0 Å². The average molecular weight is 480 g/mol. The van der Waals surface area contributed by atoms with Crippen LogP contribution >= 0.6 is 7.82 Å². The number of halogens is 3. The fraction of sp³-hybridized carbons (Fsp3) is 0.0952. The molecule has 172 valence electrons. The van der Waals surface area contributed by atoms with Gasteiger partial charge in [-0.2, -0.15) is 18.3 Å². The molecular weight excluding hydrogens is 464 g/mol. The summed E-state index contributed by atoms with van der Waals surface area (Å²) in [4.78, 5) is 41.6. The Morgan fingerprint density at radius 2 is 1.64 bits per heavy atom. The predicted octanol–water partition coefficient (Wildman–Crippen LogP) is 4.36. The van der Waals surface area contributed by atoms with Crippen molar-refractivity contribution >= 4 is 19.4 Å². The lowest BCUT2D eigenvalue weighted by atomic mass is 10.1. The standard InChI is InChI=1S/C21H16F3N2O6P/c1-13(27)2-11-20(28)19-12-18(14-3-9-17(10-4-14)32-33(29,30)31)25-26(19)16-7-5-15(6-8-16)21(22,23)24/h2-12H,1H3,(H2,29,30,31). The normalized spacial score (nSPS) is 12.2. The predicted molar refractivity (Wildman–Crippen MR) is 111 cm³/mol. The van der Waals surface area contributed by atoms with Gasteiger partial charge in [-0.25, -0.2) is 9.25 Å². The fourth-order valence-electron chi connectivity index (χ4n) is 2.79. The molecule has 0 spiro atoms. The summed E-state index contributed by atoms with van der Waals surface area (Å²) in [7, 11) is -4.74. The highest BCUT2D eigenvalue weighted by atomic mass is 31.2. The first-order valence-electron chi connectivity index (χ1n) is 9.20. The second kappa shape index (κ2) is 9.14. The molecule has 2 aromatic carbocycles. The number of hydrogen-bond acceptors (Lipinski definition) is 5. The van der Waals surface area contributed by atoms with Crippen LogP contribution in [0.1, 0.15) is 23.0 Å². The number of allylic oxidation sites excluding steroid dienone is 2. The van der Waals surface area contributed by atoms with E-state index in [1.807, 2.05) is 0 Å². The van der Waals surface area contributed by atoms with Gasteiger partial charge in [0.2, 0.25) is 5.78 Å². The van der Waals surface area contributed by atoms with Gasteiger partial charge in [-0.05, 0) is 73.7 Å². The molecule has 0 bridgehead atoms. The number of hydrogen-bond donors (Lipinski definition) is 2. The van der Waals surface area contributed by atoms with E-state index >= 15 is 0 Å². The summed E-state index contributed by atoms with van der Waals surface area (Å²) in [6, 6.07) is 10.8. The average Bonchev–Trinajstić information content (AvgIpc) is 3.16. The summed E-state index contributed by atoms with van der Waals surface area (Å²) < 4.78 is 55.2. The second-order valence-electron chi connectivity index (χ2n) is 6.79. The largest absolute Gasteiger partial charge is 0.524 e. The number of aromatic nitrogens is 2. The maximum absolute atomic E-state index is 12.9. The van der Waals surface area contributed by atoms with E-state index in [4.69, 9.17) is 9.79 Å². The zero-order chi connectivity index (χ0) is 24.4. The van der Waals surface area contributed by atoms with Crippen molar-refractivity contribution in [3.05, 3.63) is 78.0 Å². The highest BCUT2D eigenvalue weighted by molar-refractivity contribution is 7.46. The van der Waals surface area contributed by atoms with Crippen LogP contribution in [0.4, 0.5) is 13.2 Å². The van der Waals surface area contributed by atoms with Crippen LogP contribution in [0.5, 0.6) is 5.75 Å². The molecule has 33 heavy (non-hydrogen) atoms. The molecule has 3 rings (SSSR count). The number of alkyl halides is 3. The molecule has 0 saturated heterocycles. The van der Waals surface area contributed by atoms with Gasteiger partial charge in [-0.3, -0.25) is 19.4 Å². The topological polar surface area (TPSA) is 119 Å². The Labute approximate surface area is 185 Å². The first kappa shape index (κ1) is 24.1. The molecule has 0 atom stereocenters. The molecule has 0 fully saturated rings. The molecule has 8 nitrogen and oxygen atoms in total. The SMILES string of the molecule is CC(=O)C=CC(=O)c1cc(-c2ccc(OP(=O)(O)O)cc2)nn1-c1ccc(C(F)(F)F)cc1. The van der Waals surface area contributed by atoms with Gasteiger partial charge in [-0.15, -0.1) is 0 Å². The van der Waals surface area contributed by atoms with E-state index < -0.39 is 25.3 Å². The third kappa shape index (κ3) is 6.26. The van der Waals surface area contributed by atoms with Crippen LogP contribution in [0.15, 0.2) is 66.7 Å². The van der Waals surface area contributed by atoms with Crippen molar-refractivity contribution in [2.24, 2.45) is 0 Å². The lowest BCUT2D eigenvalue weighted by Crippen LogP contribution is -2.09. The number of carbonyl (C=O) groups excluding carboxylic acids is 2. The van der Waals surface area contributed by atoms with Gasteiger partial charge in [0.1, 0.15) is 11.4 Å². The summed E-state index contributed by atoms with van der Waals surface area (Å²) in [5, 5.41) is 4.30. The van der Waals surface area contributed by atoms with Crippen LogP contribution < -0.4 is 4.52 Å². The number of rotatable bonds is 7. The van der Waals surface area contributed by atoms with E-state index in [2.05, 4.69) is 9.62 Å². The first-order chi connectivity index (χ1) is 15.3.